The van der Waals surface area contributed by atoms with Gasteiger partial charge in [0.15, 0.2) is 0 Å². The van der Waals surface area contributed by atoms with E-state index in [-0.39, 0.29) is 11.6 Å². The van der Waals surface area contributed by atoms with Gasteiger partial charge in [-0.05, 0) is 81.2 Å². The Labute approximate surface area is 234 Å². The number of benzene rings is 1. The monoisotopic (exact) mass is 556 g/mol. The second-order valence-electron chi connectivity index (χ2n) is 12.3. The van der Waals surface area contributed by atoms with Crippen molar-refractivity contribution in [3.63, 3.8) is 0 Å². The van der Waals surface area contributed by atoms with Gasteiger partial charge in [-0.2, -0.15) is 9.97 Å². The zero-order valence-corrected chi connectivity index (χ0v) is 23.3. The third-order valence-corrected chi connectivity index (χ3v) is 10.0. The van der Waals surface area contributed by atoms with Gasteiger partial charge in [0, 0.05) is 43.1 Å². The topological polar surface area (TPSA) is 71.0 Å². The molecule has 7 nitrogen and oxygen atoms in total. The predicted octanol–water partition coefficient (Wildman–Crippen LogP) is 4.74. The van der Waals surface area contributed by atoms with E-state index in [1.165, 1.54) is 11.1 Å². The van der Waals surface area contributed by atoms with Crippen LogP contribution in [0.4, 0.5) is 10.2 Å². The number of hydrogen-bond acceptors (Lipinski definition) is 7. The number of aryl methyl sites for hydroxylation is 1. The summed E-state index contributed by atoms with van der Waals surface area (Å²) in [5.74, 6) is 0.858. The van der Waals surface area contributed by atoms with Gasteiger partial charge in [0.2, 0.25) is 0 Å². The van der Waals surface area contributed by atoms with Crippen LogP contribution in [0.5, 0.6) is 6.01 Å². The number of aliphatic hydroxyl groups excluding tert-OH is 1. The Balaban J connectivity index is 1.24. The number of aromatic nitrogens is 2. The highest BCUT2D eigenvalue weighted by atomic mass is 35.5. The zero-order chi connectivity index (χ0) is 26.6. The molecule has 1 aromatic heterocycles. The van der Waals surface area contributed by atoms with E-state index in [0.717, 1.165) is 86.7 Å². The van der Waals surface area contributed by atoms with Gasteiger partial charge < -0.3 is 19.5 Å². The molecular weight excluding hydrogens is 519 g/mol. The molecule has 0 saturated carbocycles. The van der Waals surface area contributed by atoms with Crippen LogP contribution in [0.25, 0.3) is 0 Å². The van der Waals surface area contributed by atoms with Gasteiger partial charge in [0.1, 0.15) is 18.6 Å². The largest absolute Gasteiger partial charge is 0.461 e. The van der Waals surface area contributed by atoms with E-state index in [0.29, 0.717) is 45.0 Å². The number of anilines is 1. The fraction of sp³-hybridized carbons (Fsp3) is 0.667. The first-order valence-corrected chi connectivity index (χ1v) is 15.1. The maximum Gasteiger partial charge on any atom is 0.318 e. The lowest BCUT2D eigenvalue weighted by Crippen LogP contribution is -2.44. The second kappa shape index (κ2) is 10.1. The van der Waals surface area contributed by atoms with E-state index < -0.39 is 11.8 Å². The summed E-state index contributed by atoms with van der Waals surface area (Å²) in [5.41, 5.74) is 3.74. The SMILES string of the molecule is OC1CCCN(c2nc(OC[C@@]34CCCN3CC(F)C4)nc3c2COC2(CCCc4ccc(Cl)cc42)C3)CC1. The van der Waals surface area contributed by atoms with Gasteiger partial charge >= 0.3 is 6.01 Å². The van der Waals surface area contributed by atoms with E-state index in [1.54, 1.807) is 0 Å². The van der Waals surface area contributed by atoms with Gasteiger partial charge in [0.25, 0.3) is 0 Å². The number of ether oxygens (including phenoxy) is 2. The van der Waals surface area contributed by atoms with Crippen LogP contribution >= 0.6 is 11.6 Å². The molecule has 5 aliphatic rings. The molecule has 3 saturated heterocycles. The number of hydrogen-bond donors (Lipinski definition) is 1. The molecule has 2 aromatic rings. The van der Waals surface area contributed by atoms with Crippen molar-refractivity contribution in [3.8, 4) is 6.01 Å². The number of nitrogens with zero attached hydrogens (tertiary/aromatic N) is 4. The first kappa shape index (κ1) is 25.9. The number of alkyl halides is 1. The number of halogens is 2. The van der Waals surface area contributed by atoms with E-state index in [4.69, 9.17) is 31.0 Å². The van der Waals surface area contributed by atoms with Gasteiger partial charge in [-0.15, -0.1) is 0 Å². The molecule has 1 aromatic carbocycles. The molecule has 9 heteroatoms. The minimum Gasteiger partial charge on any atom is -0.461 e. The molecule has 0 radical (unpaired) electrons. The summed E-state index contributed by atoms with van der Waals surface area (Å²) >= 11 is 6.46. The van der Waals surface area contributed by atoms with Crippen molar-refractivity contribution in [2.75, 3.05) is 37.7 Å². The molecule has 4 aliphatic heterocycles. The van der Waals surface area contributed by atoms with Crippen LogP contribution in [0.2, 0.25) is 5.02 Å². The molecular formula is C30H38ClFN4O3. The standard InChI is InChI=1S/C30H38ClFN4O3/c31-21-7-6-20-4-1-10-30(25(20)14-21)16-26-24(18-39-30)27(35-11-2-5-23(37)8-13-35)34-28(33-26)38-19-29-9-3-12-36(29)17-22(32)15-29/h6-7,14,22-23,37H,1-5,8-13,15-19H2/t22?,23?,29-,30?/m0/s1. The van der Waals surface area contributed by atoms with Crippen molar-refractivity contribution in [2.24, 2.45) is 0 Å². The normalized spacial score (nSPS) is 32.5. The molecule has 210 valence electrons. The molecule has 1 aliphatic carbocycles. The van der Waals surface area contributed by atoms with Crippen LogP contribution in [-0.2, 0) is 29.8 Å². The minimum atomic E-state index is -0.798. The molecule has 0 amide bonds. The first-order valence-electron chi connectivity index (χ1n) is 14.7. The highest BCUT2D eigenvalue weighted by molar-refractivity contribution is 6.30. The van der Waals surface area contributed by atoms with Crippen molar-refractivity contribution in [2.45, 2.75) is 94.2 Å². The van der Waals surface area contributed by atoms with Crippen LogP contribution < -0.4 is 9.64 Å². The first-order chi connectivity index (χ1) is 18.9. The third kappa shape index (κ3) is 4.71. The Morgan fingerprint density at radius 1 is 1.13 bits per heavy atom. The van der Waals surface area contributed by atoms with Gasteiger partial charge in [-0.1, -0.05) is 17.7 Å². The minimum absolute atomic E-state index is 0.255. The van der Waals surface area contributed by atoms with Crippen molar-refractivity contribution in [3.05, 3.63) is 45.6 Å². The third-order valence-electron chi connectivity index (χ3n) is 9.81. The highest BCUT2D eigenvalue weighted by Crippen LogP contribution is 2.47. The van der Waals surface area contributed by atoms with E-state index in [9.17, 15) is 9.50 Å². The lowest BCUT2D eigenvalue weighted by atomic mass is 9.75. The van der Waals surface area contributed by atoms with E-state index in [1.807, 2.05) is 6.07 Å². The lowest BCUT2D eigenvalue weighted by Gasteiger charge is -2.43. The fourth-order valence-electron chi connectivity index (χ4n) is 7.81. The maximum absolute atomic E-state index is 14.4. The van der Waals surface area contributed by atoms with Crippen LogP contribution in [0.1, 0.15) is 73.8 Å². The van der Waals surface area contributed by atoms with Crippen LogP contribution in [-0.4, -0.2) is 70.6 Å². The number of rotatable bonds is 4. The van der Waals surface area contributed by atoms with E-state index in [2.05, 4.69) is 21.9 Å². The van der Waals surface area contributed by atoms with Crippen molar-refractivity contribution in [1.29, 1.82) is 0 Å². The maximum atomic E-state index is 14.4. The van der Waals surface area contributed by atoms with Gasteiger partial charge in [-0.25, -0.2) is 4.39 Å². The molecule has 4 atom stereocenters. The molecule has 3 fully saturated rings. The zero-order valence-electron chi connectivity index (χ0n) is 22.5. The molecule has 39 heavy (non-hydrogen) atoms. The molecule has 5 heterocycles. The lowest BCUT2D eigenvalue weighted by molar-refractivity contribution is -0.0855. The van der Waals surface area contributed by atoms with Crippen LogP contribution in [0.15, 0.2) is 18.2 Å². The number of fused-ring (bicyclic) bond motifs is 4. The summed E-state index contributed by atoms with van der Waals surface area (Å²) in [4.78, 5) is 14.5. The summed E-state index contributed by atoms with van der Waals surface area (Å²) in [6.45, 7) is 3.82. The summed E-state index contributed by atoms with van der Waals surface area (Å²) in [7, 11) is 0. The summed E-state index contributed by atoms with van der Waals surface area (Å²) in [5, 5.41) is 11.0. The number of aliphatic hydroxyl groups is 1. The molecule has 1 N–H and O–H groups in total. The summed E-state index contributed by atoms with van der Waals surface area (Å²) < 4.78 is 27.5. The quantitative estimate of drug-likeness (QED) is 0.583. The molecule has 0 bridgehead atoms. The van der Waals surface area contributed by atoms with Crippen molar-refractivity contribution in [1.82, 2.24) is 14.9 Å². The summed E-state index contributed by atoms with van der Waals surface area (Å²) in [6, 6.07) is 6.54. The molecule has 3 unspecified atom stereocenters. The van der Waals surface area contributed by atoms with Crippen LogP contribution in [0, 0.1) is 0 Å². The predicted molar refractivity (Wildman–Crippen MR) is 147 cm³/mol. The van der Waals surface area contributed by atoms with Crippen molar-refractivity contribution < 1.29 is 19.0 Å². The molecule has 1 spiro atoms. The second-order valence-corrected chi connectivity index (χ2v) is 12.7. The highest BCUT2D eigenvalue weighted by Gasteiger charge is 2.49. The Morgan fingerprint density at radius 2 is 2.05 bits per heavy atom. The average Bonchev–Trinajstić information content (AvgIpc) is 3.35. The molecule has 7 rings (SSSR count). The van der Waals surface area contributed by atoms with Crippen molar-refractivity contribution >= 4 is 17.4 Å². The Bertz CT molecular complexity index is 1250. The fourth-order valence-corrected chi connectivity index (χ4v) is 7.98. The van der Waals surface area contributed by atoms with Gasteiger partial charge in [0.05, 0.1) is 29.5 Å². The summed E-state index contributed by atoms with van der Waals surface area (Å²) in [6.07, 6.45) is 7.51. The van der Waals surface area contributed by atoms with Crippen LogP contribution in [0.3, 0.4) is 0 Å². The Kier molecular flexibility index (Phi) is 6.73. The van der Waals surface area contributed by atoms with Gasteiger partial charge in [-0.3, -0.25) is 4.90 Å². The Hall–Kier alpha value is -2.00. The Morgan fingerprint density at radius 3 is 2.97 bits per heavy atom. The average molecular weight is 557 g/mol. The smallest absolute Gasteiger partial charge is 0.318 e. The van der Waals surface area contributed by atoms with E-state index >= 15 is 0 Å².